The maximum absolute atomic E-state index is 10.2. The van der Waals surface area contributed by atoms with E-state index in [9.17, 15) is 5.11 Å². The topological polar surface area (TPSA) is 81.8 Å². The Morgan fingerprint density at radius 1 is 1.11 bits per heavy atom. The van der Waals surface area contributed by atoms with E-state index in [1.54, 1.807) is 24.0 Å². The zero-order chi connectivity index (χ0) is 18.6. The summed E-state index contributed by atoms with van der Waals surface area (Å²) in [6, 6.07) is 15.1. The summed E-state index contributed by atoms with van der Waals surface area (Å²) in [7, 11) is 1.59. The van der Waals surface area contributed by atoms with Crippen molar-refractivity contribution in [3.05, 3.63) is 54.9 Å². The van der Waals surface area contributed by atoms with Crippen molar-refractivity contribution in [3.8, 4) is 11.5 Å². The summed E-state index contributed by atoms with van der Waals surface area (Å²) in [6.07, 6.45) is 0.983. The molecule has 0 spiro atoms. The van der Waals surface area contributed by atoms with Gasteiger partial charge in [0, 0.05) is 11.1 Å². The normalized spacial score (nSPS) is 12.4. The van der Waals surface area contributed by atoms with Crippen LogP contribution in [0.2, 0.25) is 0 Å². The van der Waals surface area contributed by atoms with Gasteiger partial charge >= 0.3 is 0 Å². The maximum atomic E-state index is 10.2. The lowest BCUT2D eigenvalue weighted by Crippen LogP contribution is -2.20. The van der Waals surface area contributed by atoms with E-state index in [1.165, 1.54) is 11.8 Å². The van der Waals surface area contributed by atoms with E-state index in [1.807, 2.05) is 42.5 Å². The molecule has 4 aromatic rings. The van der Waals surface area contributed by atoms with E-state index < -0.39 is 6.10 Å². The highest BCUT2D eigenvalue weighted by Gasteiger charge is 2.13. The molecule has 1 N–H and O–H groups in total. The molecule has 0 fully saturated rings. The Balaban J connectivity index is 1.40. The van der Waals surface area contributed by atoms with Gasteiger partial charge in [-0.15, -0.1) is 5.10 Å². The molecule has 27 heavy (non-hydrogen) atoms. The highest BCUT2D eigenvalue weighted by Crippen LogP contribution is 2.26. The van der Waals surface area contributed by atoms with Gasteiger partial charge < -0.3 is 14.6 Å². The zero-order valence-electron chi connectivity index (χ0n) is 14.6. The maximum Gasteiger partial charge on any atom is 0.209 e. The summed E-state index contributed by atoms with van der Waals surface area (Å²) in [5.74, 6) is 1.66. The lowest BCUT2D eigenvalue weighted by Gasteiger charge is -2.13. The third-order valence-corrected chi connectivity index (χ3v) is 4.95. The van der Waals surface area contributed by atoms with Crippen LogP contribution in [0.5, 0.6) is 11.5 Å². The van der Waals surface area contributed by atoms with Gasteiger partial charge in [-0.05, 0) is 24.3 Å². The van der Waals surface area contributed by atoms with Gasteiger partial charge in [0.25, 0.3) is 0 Å². The standard InChI is InChI=1S/C19H18N4O3S/c1-25-16-8-4-5-9-17(16)26-10-13(24)11-27-19-21-18-14-6-2-3-7-15(14)20-12-23(18)22-19/h2-9,12-13,24H,10-11H2,1H3/t13-/m0/s1. The van der Waals surface area contributed by atoms with Crippen molar-refractivity contribution in [2.75, 3.05) is 19.5 Å². The molecule has 0 bridgehead atoms. The van der Waals surface area contributed by atoms with Crippen molar-refractivity contribution in [1.29, 1.82) is 0 Å². The Morgan fingerprint density at radius 2 is 1.89 bits per heavy atom. The monoisotopic (exact) mass is 382 g/mol. The molecule has 0 aliphatic carbocycles. The van der Waals surface area contributed by atoms with E-state index in [-0.39, 0.29) is 6.61 Å². The number of ether oxygens (including phenoxy) is 2. The average molecular weight is 382 g/mol. The van der Waals surface area contributed by atoms with Gasteiger partial charge in [-0.2, -0.15) is 0 Å². The van der Waals surface area contributed by atoms with Crippen molar-refractivity contribution in [2.45, 2.75) is 11.3 Å². The minimum atomic E-state index is -0.665. The first kappa shape index (κ1) is 17.6. The van der Waals surface area contributed by atoms with Crippen molar-refractivity contribution in [2.24, 2.45) is 0 Å². The molecule has 0 saturated carbocycles. The molecule has 0 amide bonds. The molecule has 2 aromatic carbocycles. The molecule has 1 atom stereocenters. The van der Waals surface area contributed by atoms with Crippen LogP contribution in [0.15, 0.2) is 60.0 Å². The van der Waals surface area contributed by atoms with Crippen LogP contribution in [0.4, 0.5) is 0 Å². The Kier molecular flexibility index (Phi) is 5.08. The van der Waals surface area contributed by atoms with Gasteiger partial charge in [0.15, 0.2) is 17.1 Å². The van der Waals surface area contributed by atoms with E-state index >= 15 is 0 Å². The van der Waals surface area contributed by atoms with Crippen LogP contribution in [-0.2, 0) is 0 Å². The lowest BCUT2D eigenvalue weighted by atomic mass is 10.2. The first-order chi connectivity index (χ1) is 13.2. The number of nitrogens with zero attached hydrogens (tertiary/aromatic N) is 4. The number of rotatable bonds is 7. The van der Waals surface area contributed by atoms with Gasteiger partial charge in [-0.3, -0.25) is 0 Å². The van der Waals surface area contributed by atoms with Crippen molar-refractivity contribution in [3.63, 3.8) is 0 Å². The number of hydrogen-bond acceptors (Lipinski definition) is 7. The first-order valence-electron chi connectivity index (χ1n) is 8.41. The zero-order valence-corrected chi connectivity index (χ0v) is 15.5. The quantitative estimate of drug-likeness (QED) is 0.492. The summed E-state index contributed by atoms with van der Waals surface area (Å²) >= 11 is 1.38. The SMILES string of the molecule is COc1ccccc1OC[C@H](O)CSc1nc2c3ccccc3ncn2n1. The molecule has 0 radical (unpaired) electrons. The summed E-state index contributed by atoms with van der Waals surface area (Å²) in [6.45, 7) is 0.158. The molecular formula is C19H18N4O3S. The number of para-hydroxylation sites is 3. The molecular weight excluding hydrogens is 364 g/mol. The van der Waals surface area contributed by atoms with Crippen molar-refractivity contribution >= 4 is 28.3 Å². The number of methoxy groups -OCH3 is 1. The molecule has 8 heteroatoms. The summed E-state index contributed by atoms with van der Waals surface area (Å²) in [5.41, 5.74) is 1.63. The van der Waals surface area contributed by atoms with Crippen LogP contribution in [-0.4, -0.2) is 50.3 Å². The summed E-state index contributed by atoms with van der Waals surface area (Å²) in [4.78, 5) is 8.93. The molecule has 0 aliphatic heterocycles. The fourth-order valence-electron chi connectivity index (χ4n) is 2.66. The molecule has 138 valence electrons. The lowest BCUT2D eigenvalue weighted by molar-refractivity contribution is 0.124. The smallest absolute Gasteiger partial charge is 0.209 e. The van der Waals surface area contributed by atoms with Gasteiger partial charge in [-0.25, -0.2) is 14.5 Å². The second kappa shape index (κ2) is 7.81. The van der Waals surface area contributed by atoms with Crippen LogP contribution < -0.4 is 9.47 Å². The third-order valence-electron chi connectivity index (χ3n) is 3.97. The Hall–Kier alpha value is -2.84. The van der Waals surface area contributed by atoms with E-state index in [0.29, 0.717) is 22.4 Å². The highest BCUT2D eigenvalue weighted by molar-refractivity contribution is 7.99. The fraction of sp³-hybridized carbons (Fsp3) is 0.211. The van der Waals surface area contributed by atoms with Gasteiger partial charge in [0.1, 0.15) is 12.9 Å². The minimum absolute atomic E-state index is 0.158. The van der Waals surface area contributed by atoms with E-state index in [2.05, 4.69) is 15.1 Å². The largest absolute Gasteiger partial charge is 0.493 e. The molecule has 0 saturated heterocycles. The summed E-state index contributed by atoms with van der Waals surface area (Å²) in [5, 5.41) is 16.2. The van der Waals surface area contributed by atoms with Gasteiger partial charge in [0.05, 0.1) is 18.7 Å². The first-order valence-corrected chi connectivity index (χ1v) is 9.40. The second-order valence-electron chi connectivity index (χ2n) is 5.85. The number of hydrogen-bond donors (Lipinski definition) is 1. The summed E-state index contributed by atoms with van der Waals surface area (Å²) < 4.78 is 12.5. The number of aromatic nitrogens is 4. The molecule has 2 heterocycles. The Labute approximate surface area is 160 Å². The molecule has 0 unspecified atom stereocenters. The van der Waals surface area contributed by atoms with Crippen LogP contribution in [0, 0.1) is 0 Å². The number of aliphatic hydroxyl groups is 1. The predicted octanol–water partition coefficient (Wildman–Crippen LogP) is 2.82. The van der Waals surface area contributed by atoms with Crippen molar-refractivity contribution in [1.82, 2.24) is 19.6 Å². The number of fused-ring (bicyclic) bond motifs is 3. The van der Waals surface area contributed by atoms with Crippen LogP contribution in [0.1, 0.15) is 0 Å². The van der Waals surface area contributed by atoms with Crippen LogP contribution in [0.3, 0.4) is 0 Å². The molecule has 7 nitrogen and oxygen atoms in total. The average Bonchev–Trinajstić information content (AvgIpc) is 3.14. The highest BCUT2D eigenvalue weighted by atomic mass is 32.2. The van der Waals surface area contributed by atoms with E-state index in [4.69, 9.17) is 9.47 Å². The third kappa shape index (κ3) is 3.81. The number of aliphatic hydroxyl groups excluding tert-OH is 1. The Bertz CT molecular complexity index is 1070. The van der Waals surface area contributed by atoms with Crippen LogP contribution >= 0.6 is 11.8 Å². The van der Waals surface area contributed by atoms with Crippen molar-refractivity contribution < 1.29 is 14.6 Å². The molecule has 2 aromatic heterocycles. The predicted molar refractivity (Wildman–Crippen MR) is 104 cm³/mol. The minimum Gasteiger partial charge on any atom is -0.493 e. The number of benzene rings is 2. The van der Waals surface area contributed by atoms with Gasteiger partial charge in [0.2, 0.25) is 5.16 Å². The number of thioether (sulfide) groups is 1. The Morgan fingerprint density at radius 3 is 2.74 bits per heavy atom. The van der Waals surface area contributed by atoms with E-state index in [0.717, 1.165) is 16.6 Å². The second-order valence-corrected chi connectivity index (χ2v) is 6.84. The molecule has 0 aliphatic rings. The fourth-order valence-corrected chi connectivity index (χ4v) is 3.40. The van der Waals surface area contributed by atoms with Gasteiger partial charge in [-0.1, -0.05) is 36.0 Å². The van der Waals surface area contributed by atoms with Crippen LogP contribution in [0.25, 0.3) is 16.6 Å². The molecule has 4 rings (SSSR count).